The monoisotopic (exact) mass is 325 g/mol. The summed E-state index contributed by atoms with van der Waals surface area (Å²) in [4.78, 5) is 19.5. The molecule has 0 amide bonds. The van der Waals surface area contributed by atoms with Crippen LogP contribution in [0.5, 0.6) is 0 Å². The Kier molecular flexibility index (Phi) is 3.82. The standard InChI is InChI=1S/C18H19N3O3/c22-13-5-3-12(4-6-13)21-17-9-15(23)16(24-17)8-11-10-20-18-14(11)2-1-7-19-18/h1-2,7-10,12-13,21-22H,3-6H2,(H,19,20). The summed E-state index contributed by atoms with van der Waals surface area (Å²) in [5.74, 6) is 0.648. The number of hydrogen-bond acceptors (Lipinski definition) is 5. The first kappa shape index (κ1) is 15.0. The molecule has 0 saturated heterocycles. The molecule has 2 aromatic rings. The lowest BCUT2D eigenvalue weighted by Gasteiger charge is -2.26. The Morgan fingerprint density at radius 2 is 2.17 bits per heavy atom. The molecular formula is C18H19N3O3. The van der Waals surface area contributed by atoms with Crippen LogP contribution in [0.4, 0.5) is 0 Å². The van der Waals surface area contributed by atoms with Crippen molar-refractivity contribution >= 4 is 22.9 Å². The molecule has 2 aliphatic rings. The van der Waals surface area contributed by atoms with Gasteiger partial charge in [-0.15, -0.1) is 0 Å². The van der Waals surface area contributed by atoms with Crippen LogP contribution in [0.2, 0.25) is 0 Å². The van der Waals surface area contributed by atoms with Crippen molar-refractivity contribution in [3.05, 3.63) is 47.8 Å². The van der Waals surface area contributed by atoms with Crippen molar-refractivity contribution in [1.29, 1.82) is 0 Å². The zero-order valence-corrected chi connectivity index (χ0v) is 13.2. The van der Waals surface area contributed by atoms with Gasteiger partial charge in [0.25, 0.3) is 0 Å². The van der Waals surface area contributed by atoms with Gasteiger partial charge in [-0.05, 0) is 43.9 Å². The van der Waals surface area contributed by atoms with E-state index in [0.717, 1.165) is 42.3 Å². The van der Waals surface area contributed by atoms with Crippen molar-refractivity contribution in [3.63, 3.8) is 0 Å². The highest BCUT2D eigenvalue weighted by molar-refractivity contribution is 6.08. The minimum absolute atomic E-state index is 0.147. The van der Waals surface area contributed by atoms with E-state index in [1.54, 1.807) is 12.3 Å². The third kappa shape index (κ3) is 2.92. The van der Waals surface area contributed by atoms with Gasteiger partial charge in [-0.1, -0.05) is 0 Å². The summed E-state index contributed by atoms with van der Waals surface area (Å²) in [6.45, 7) is 0. The maximum atomic E-state index is 12.2. The molecule has 3 N–H and O–H groups in total. The Bertz CT molecular complexity index is 829. The van der Waals surface area contributed by atoms with Crippen LogP contribution in [0.15, 0.2) is 42.2 Å². The van der Waals surface area contributed by atoms with Gasteiger partial charge in [-0.3, -0.25) is 4.79 Å². The molecule has 0 spiro atoms. The quantitative estimate of drug-likeness (QED) is 0.753. The van der Waals surface area contributed by atoms with E-state index in [1.807, 2.05) is 18.3 Å². The number of nitrogens with zero attached hydrogens (tertiary/aromatic N) is 1. The predicted molar refractivity (Wildman–Crippen MR) is 89.6 cm³/mol. The van der Waals surface area contributed by atoms with Crippen LogP contribution in [-0.2, 0) is 9.53 Å². The van der Waals surface area contributed by atoms with Crippen LogP contribution < -0.4 is 5.32 Å². The third-order valence-corrected chi connectivity index (χ3v) is 4.54. The van der Waals surface area contributed by atoms with Crippen molar-refractivity contribution in [1.82, 2.24) is 15.3 Å². The highest BCUT2D eigenvalue weighted by Crippen LogP contribution is 2.25. The fourth-order valence-electron chi connectivity index (χ4n) is 3.22. The fourth-order valence-corrected chi connectivity index (χ4v) is 3.22. The molecule has 0 bridgehead atoms. The summed E-state index contributed by atoms with van der Waals surface area (Å²) in [7, 11) is 0. The largest absolute Gasteiger partial charge is 0.437 e. The molecule has 1 aliphatic carbocycles. The SMILES string of the molecule is O=C1C=C(NC2CCC(O)CC2)OC1=Cc1c[nH]c2ncccc12. The van der Waals surface area contributed by atoms with E-state index in [2.05, 4.69) is 15.3 Å². The number of aliphatic hydroxyl groups is 1. The second-order valence-electron chi connectivity index (χ2n) is 6.28. The summed E-state index contributed by atoms with van der Waals surface area (Å²) in [6, 6.07) is 4.05. The molecule has 24 heavy (non-hydrogen) atoms. The van der Waals surface area contributed by atoms with E-state index in [4.69, 9.17) is 4.74 Å². The first-order valence-electron chi connectivity index (χ1n) is 8.21. The Labute approximate surface area is 139 Å². The lowest BCUT2D eigenvalue weighted by molar-refractivity contribution is -0.112. The van der Waals surface area contributed by atoms with E-state index >= 15 is 0 Å². The Morgan fingerprint density at radius 1 is 1.33 bits per heavy atom. The van der Waals surface area contributed by atoms with Gasteiger partial charge in [0, 0.05) is 35.5 Å². The van der Waals surface area contributed by atoms with Gasteiger partial charge in [0.1, 0.15) is 5.65 Å². The molecule has 1 saturated carbocycles. The van der Waals surface area contributed by atoms with Crippen LogP contribution in [0.1, 0.15) is 31.2 Å². The molecule has 2 aromatic heterocycles. The second-order valence-corrected chi connectivity index (χ2v) is 6.28. The third-order valence-electron chi connectivity index (χ3n) is 4.54. The van der Waals surface area contributed by atoms with Crippen LogP contribution >= 0.6 is 0 Å². The molecule has 1 aliphatic heterocycles. The number of fused-ring (bicyclic) bond motifs is 1. The van der Waals surface area contributed by atoms with Crippen molar-refractivity contribution in [2.45, 2.75) is 37.8 Å². The molecule has 3 heterocycles. The number of allylic oxidation sites excluding steroid dienone is 1. The lowest BCUT2D eigenvalue weighted by Crippen LogP contribution is -2.34. The summed E-state index contributed by atoms with van der Waals surface area (Å²) in [6.07, 6.45) is 9.88. The number of pyridine rings is 1. The van der Waals surface area contributed by atoms with Gasteiger partial charge in [0.15, 0.2) is 11.6 Å². The van der Waals surface area contributed by atoms with Gasteiger partial charge in [0.2, 0.25) is 5.78 Å². The van der Waals surface area contributed by atoms with Crippen molar-refractivity contribution < 1.29 is 14.6 Å². The van der Waals surface area contributed by atoms with Crippen molar-refractivity contribution in [2.75, 3.05) is 0 Å². The van der Waals surface area contributed by atoms with E-state index in [0.29, 0.717) is 11.6 Å². The number of hydrogen-bond donors (Lipinski definition) is 3. The normalized spacial score (nSPS) is 25.8. The zero-order chi connectivity index (χ0) is 16.5. The first-order chi connectivity index (χ1) is 11.7. The molecule has 6 nitrogen and oxygen atoms in total. The summed E-state index contributed by atoms with van der Waals surface area (Å²) in [5.41, 5.74) is 1.65. The summed E-state index contributed by atoms with van der Waals surface area (Å²) in [5, 5.41) is 13.8. The second kappa shape index (κ2) is 6.13. The minimum Gasteiger partial charge on any atom is -0.437 e. The van der Waals surface area contributed by atoms with Gasteiger partial charge in [-0.25, -0.2) is 4.98 Å². The molecule has 0 radical (unpaired) electrons. The van der Waals surface area contributed by atoms with E-state index in [9.17, 15) is 9.90 Å². The van der Waals surface area contributed by atoms with Crippen LogP contribution in [-0.4, -0.2) is 33.0 Å². The molecule has 1 fully saturated rings. The van der Waals surface area contributed by atoms with Crippen LogP contribution in [0.3, 0.4) is 0 Å². The minimum atomic E-state index is -0.200. The number of ether oxygens (including phenoxy) is 1. The molecular weight excluding hydrogens is 306 g/mol. The van der Waals surface area contributed by atoms with Gasteiger partial charge < -0.3 is 20.1 Å². The maximum Gasteiger partial charge on any atom is 0.226 e. The fraction of sp³-hybridized carbons (Fsp3) is 0.333. The average Bonchev–Trinajstić information content (AvgIpc) is 3.14. The maximum absolute atomic E-state index is 12.2. The number of ketones is 1. The topological polar surface area (TPSA) is 87.2 Å². The highest BCUT2D eigenvalue weighted by Gasteiger charge is 2.25. The van der Waals surface area contributed by atoms with E-state index < -0.39 is 0 Å². The van der Waals surface area contributed by atoms with Crippen LogP contribution in [0.25, 0.3) is 17.1 Å². The number of aromatic nitrogens is 2. The molecule has 0 unspecified atom stereocenters. The first-order valence-corrected chi connectivity index (χ1v) is 8.21. The Morgan fingerprint density at radius 3 is 3.00 bits per heavy atom. The average molecular weight is 325 g/mol. The Hall–Kier alpha value is -2.60. The summed E-state index contributed by atoms with van der Waals surface area (Å²) >= 11 is 0. The van der Waals surface area contributed by atoms with E-state index in [-0.39, 0.29) is 17.9 Å². The van der Waals surface area contributed by atoms with Gasteiger partial charge >= 0.3 is 0 Å². The predicted octanol–water partition coefficient (Wildman–Crippen LogP) is 2.24. The molecule has 124 valence electrons. The Balaban J connectivity index is 1.47. The number of carbonyl (C=O) groups is 1. The zero-order valence-electron chi connectivity index (χ0n) is 13.2. The number of rotatable bonds is 3. The molecule has 0 atom stereocenters. The molecule has 6 heteroatoms. The smallest absolute Gasteiger partial charge is 0.226 e. The van der Waals surface area contributed by atoms with Gasteiger partial charge in [0.05, 0.1) is 6.10 Å². The number of H-pyrrole nitrogens is 1. The molecule has 4 rings (SSSR count). The lowest BCUT2D eigenvalue weighted by atomic mass is 9.93. The number of aliphatic hydroxyl groups excluding tert-OH is 1. The number of nitrogens with one attached hydrogen (secondary N) is 2. The number of carbonyl (C=O) groups excluding carboxylic acids is 1. The highest BCUT2D eigenvalue weighted by atomic mass is 16.5. The van der Waals surface area contributed by atoms with Gasteiger partial charge in [-0.2, -0.15) is 0 Å². The number of aromatic amines is 1. The van der Waals surface area contributed by atoms with Crippen molar-refractivity contribution in [3.8, 4) is 0 Å². The van der Waals surface area contributed by atoms with Crippen LogP contribution in [0, 0.1) is 0 Å². The van der Waals surface area contributed by atoms with Crippen molar-refractivity contribution in [2.24, 2.45) is 0 Å². The molecule has 0 aromatic carbocycles. The summed E-state index contributed by atoms with van der Waals surface area (Å²) < 4.78 is 5.69. The van der Waals surface area contributed by atoms with E-state index in [1.165, 1.54) is 6.08 Å².